The molecule has 0 spiro atoms. The van der Waals surface area contributed by atoms with E-state index >= 15 is 0 Å². The lowest BCUT2D eigenvalue weighted by atomic mass is 9.80. The fourth-order valence-corrected chi connectivity index (χ4v) is 3.42. The molecule has 1 saturated carbocycles. The maximum absolute atomic E-state index is 12.0. The first kappa shape index (κ1) is 15.6. The molecule has 2 rings (SSSR count). The molecule has 0 aromatic rings. The summed E-state index contributed by atoms with van der Waals surface area (Å²) in [7, 11) is 0. The Morgan fingerprint density at radius 1 is 1.15 bits per heavy atom. The van der Waals surface area contributed by atoms with Crippen molar-refractivity contribution in [3.63, 3.8) is 0 Å². The van der Waals surface area contributed by atoms with Crippen molar-refractivity contribution < 1.29 is 14.6 Å². The molecule has 1 N–H and O–H groups in total. The van der Waals surface area contributed by atoms with Gasteiger partial charge in [-0.15, -0.1) is 0 Å². The van der Waals surface area contributed by atoms with E-state index in [2.05, 4.69) is 0 Å². The number of amides is 1. The van der Waals surface area contributed by atoms with Crippen molar-refractivity contribution in [3.05, 3.63) is 0 Å². The summed E-state index contributed by atoms with van der Waals surface area (Å²) in [6.07, 6.45) is 6.48. The van der Waals surface area contributed by atoms with Gasteiger partial charge in [0.1, 0.15) is 5.60 Å². The van der Waals surface area contributed by atoms with E-state index in [4.69, 9.17) is 4.74 Å². The molecule has 1 aliphatic heterocycles. The lowest BCUT2D eigenvalue weighted by Gasteiger charge is -2.30. The van der Waals surface area contributed by atoms with Gasteiger partial charge in [-0.25, -0.2) is 4.79 Å². The van der Waals surface area contributed by atoms with Crippen LogP contribution in [0, 0.1) is 11.8 Å². The Hall–Kier alpha value is -0.770. The van der Waals surface area contributed by atoms with Gasteiger partial charge in [-0.3, -0.25) is 0 Å². The number of nitrogens with zero attached hydrogens (tertiary/aromatic N) is 1. The fraction of sp³-hybridized carbons (Fsp3) is 0.938. The minimum absolute atomic E-state index is 0.227. The predicted octanol–water partition coefficient (Wildman–Crippen LogP) is 3.18. The fourth-order valence-electron chi connectivity index (χ4n) is 3.42. The number of aliphatic hydroxyl groups excluding tert-OH is 1. The van der Waals surface area contributed by atoms with Crippen LogP contribution in [0.25, 0.3) is 0 Å². The lowest BCUT2D eigenvalue weighted by Crippen LogP contribution is -2.37. The van der Waals surface area contributed by atoms with E-state index in [1.165, 1.54) is 19.3 Å². The molecule has 0 radical (unpaired) electrons. The molecule has 2 aliphatic rings. The third kappa shape index (κ3) is 4.11. The zero-order chi connectivity index (χ0) is 14.8. The molecule has 116 valence electrons. The van der Waals surface area contributed by atoms with Crippen LogP contribution >= 0.6 is 0 Å². The Balaban J connectivity index is 1.83. The Morgan fingerprint density at radius 2 is 1.80 bits per heavy atom. The van der Waals surface area contributed by atoms with E-state index in [1.807, 2.05) is 20.8 Å². The number of carbonyl (C=O) groups excluding carboxylic acids is 1. The van der Waals surface area contributed by atoms with Crippen LogP contribution in [0.15, 0.2) is 0 Å². The first-order valence-corrected chi connectivity index (χ1v) is 8.03. The van der Waals surface area contributed by atoms with Crippen molar-refractivity contribution in [1.29, 1.82) is 0 Å². The van der Waals surface area contributed by atoms with Gasteiger partial charge in [-0.2, -0.15) is 0 Å². The molecule has 1 saturated heterocycles. The first-order valence-electron chi connectivity index (χ1n) is 8.03. The number of ether oxygens (including phenoxy) is 1. The van der Waals surface area contributed by atoms with Gasteiger partial charge < -0.3 is 14.7 Å². The van der Waals surface area contributed by atoms with Gasteiger partial charge in [0.05, 0.1) is 6.10 Å². The maximum Gasteiger partial charge on any atom is 0.410 e. The summed E-state index contributed by atoms with van der Waals surface area (Å²) < 4.78 is 5.40. The van der Waals surface area contributed by atoms with Gasteiger partial charge in [0.15, 0.2) is 0 Å². The van der Waals surface area contributed by atoms with Crippen LogP contribution in [-0.4, -0.2) is 40.9 Å². The van der Waals surface area contributed by atoms with Crippen molar-refractivity contribution in [2.45, 2.75) is 71.0 Å². The number of carbonyl (C=O) groups is 1. The van der Waals surface area contributed by atoms with E-state index in [1.54, 1.807) is 4.90 Å². The average Bonchev–Trinajstić information content (AvgIpc) is 2.86. The van der Waals surface area contributed by atoms with Gasteiger partial charge in [0.2, 0.25) is 0 Å². The standard InChI is InChI=1S/C16H29NO3/c1-16(2,3)20-15(19)17-10-9-13(11-17)14(18)12-7-5-4-6-8-12/h12-14,18H,4-11H2,1-3H3/t13-,14?/m0/s1. The molecule has 1 heterocycles. The van der Waals surface area contributed by atoms with Crippen LogP contribution < -0.4 is 0 Å². The van der Waals surface area contributed by atoms with Crippen molar-refractivity contribution in [2.75, 3.05) is 13.1 Å². The maximum atomic E-state index is 12.0. The average molecular weight is 283 g/mol. The molecule has 20 heavy (non-hydrogen) atoms. The summed E-state index contributed by atoms with van der Waals surface area (Å²) >= 11 is 0. The Labute approximate surface area is 122 Å². The Morgan fingerprint density at radius 3 is 2.40 bits per heavy atom. The first-order chi connectivity index (χ1) is 9.37. The van der Waals surface area contributed by atoms with Crippen LogP contribution in [0.1, 0.15) is 59.3 Å². The molecular formula is C16H29NO3. The van der Waals surface area contributed by atoms with Crippen LogP contribution in [-0.2, 0) is 4.74 Å². The van der Waals surface area contributed by atoms with Crippen molar-refractivity contribution in [3.8, 4) is 0 Å². The van der Waals surface area contributed by atoms with Gasteiger partial charge >= 0.3 is 6.09 Å². The molecule has 1 aliphatic carbocycles. The van der Waals surface area contributed by atoms with E-state index < -0.39 is 5.60 Å². The van der Waals surface area contributed by atoms with Crippen molar-refractivity contribution >= 4 is 6.09 Å². The second-order valence-electron chi connectivity index (χ2n) is 7.36. The largest absolute Gasteiger partial charge is 0.444 e. The summed E-state index contributed by atoms with van der Waals surface area (Å²) in [4.78, 5) is 13.8. The molecule has 2 atom stereocenters. The molecule has 1 amide bonds. The highest BCUT2D eigenvalue weighted by atomic mass is 16.6. The molecule has 0 aromatic carbocycles. The van der Waals surface area contributed by atoms with Gasteiger partial charge in [0.25, 0.3) is 0 Å². The minimum atomic E-state index is -0.447. The van der Waals surface area contributed by atoms with E-state index in [0.29, 0.717) is 19.0 Å². The van der Waals surface area contributed by atoms with Gasteiger partial charge in [0, 0.05) is 19.0 Å². The molecular weight excluding hydrogens is 254 g/mol. The molecule has 0 aromatic heterocycles. The second-order valence-corrected chi connectivity index (χ2v) is 7.36. The van der Waals surface area contributed by atoms with Crippen LogP contribution in [0.3, 0.4) is 0 Å². The smallest absolute Gasteiger partial charge is 0.410 e. The number of hydrogen-bond donors (Lipinski definition) is 1. The van der Waals surface area contributed by atoms with E-state index in [0.717, 1.165) is 19.3 Å². The number of rotatable bonds is 2. The quantitative estimate of drug-likeness (QED) is 0.846. The number of likely N-dealkylation sites (tertiary alicyclic amines) is 1. The van der Waals surface area contributed by atoms with Crippen LogP contribution in [0.4, 0.5) is 4.79 Å². The number of aliphatic hydroxyl groups is 1. The Bertz CT molecular complexity index is 331. The van der Waals surface area contributed by atoms with E-state index in [-0.39, 0.29) is 18.1 Å². The molecule has 0 bridgehead atoms. The molecule has 4 heteroatoms. The van der Waals surface area contributed by atoms with Crippen LogP contribution in [0.5, 0.6) is 0 Å². The van der Waals surface area contributed by atoms with Crippen LogP contribution in [0.2, 0.25) is 0 Å². The summed E-state index contributed by atoms with van der Waals surface area (Å²) in [5, 5.41) is 10.5. The van der Waals surface area contributed by atoms with Crippen molar-refractivity contribution in [2.24, 2.45) is 11.8 Å². The zero-order valence-corrected chi connectivity index (χ0v) is 13.1. The summed E-state index contributed by atoms with van der Waals surface area (Å²) in [5.74, 6) is 0.665. The second kappa shape index (κ2) is 6.33. The Kier molecular flexibility index (Phi) is 4.95. The summed E-state index contributed by atoms with van der Waals surface area (Å²) in [6, 6.07) is 0. The SMILES string of the molecule is CC(C)(C)OC(=O)N1CC[C@H](C(O)C2CCCCC2)C1. The van der Waals surface area contributed by atoms with Gasteiger partial charge in [-0.05, 0) is 46.0 Å². The third-order valence-electron chi connectivity index (χ3n) is 4.49. The minimum Gasteiger partial charge on any atom is -0.444 e. The monoisotopic (exact) mass is 283 g/mol. The third-order valence-corrected chi connectivity index (χ3v) is 4.49. The molecule has 4 nitrogen and oxygen atoms in total. The predicted molar refractivity (Wildman–Crippen MR) is 78.5 cm³/mol. The highest BCUT2D eigenvalue weighted by Crippen LogP contribution is 2.33. The topological polar surface area (TPSA) is 49.8 Å². The van der Waals surface area contributed by atoms with Gasteiger partial charge in [-0.1, -0.05) is 19.3 Å². The number of hydrogen-bond acceptors (Lipinski definition) is 3. The summed E-state index contributed by atoms with van der Waals surface area (Å²) in [5.41, 5.74) is -0.447. The highest BCUT2D eigenvalue weighted by molar-refractivity contribution is 5.68. The molecule has 2 fully saturated rings. The lowest BCUT2D eigenvalue weighted by molar-refractivity contribution is 0.0194. The highest BCUT2D eigenvalue weighted by Gasteiger charge is 2.36. The van der Waals surface area contributed by atoms with E-state index in [9.17, 15) is 9.90 Å². The normalized spacial score (nSPS) is 26.6. The summed E-state index contributed by atoms with van der Waals surface area (Å²) in [6.45, 7) is 7.01. The zero-order valence-electron chi connectivity index (χ0n) is 13.1. The van der Waals surface area contributed by atoms with Crippen molar-refractivity contribution in [1.82, 2.24) is 4.90 Å². The molecule has 1 unspecified atom stereocenters.